The molecule has 2 aliphatic rings. The molecule has 41 heavy (non-hydrogen) atoms. The van der Waals surface area contributed by atoms with Gasteiger partial charge in [-0.1, -0.05) is 30.3 Å². The molecule has 1 unspecified atom stereocenters. The Balaban J connectivity index is 1.35. The second-order valence-corrected chi connectivity index (χ2v) is 9.96. The number of rotatable bonds is 5. The number of nitriles is 1. The van der Waals surface area contributed by atoms with Crippen LogP contribution in [0.25, 0.3) is 0 Å². The summed E-state index contributed by atoms with van der Waals surface area (Å²) in [6, 6.07) is 10.9. The number of hydrogen-bond acceptors (Lipinski definition) is 8. The standard InChI is InChI=1S/C27H24ClF4N7O2/c28-25-35-21-15-37(22-13-34-12-20(29)23(22)27(30,31)32)9-7-19(21)24(36-25)38-10-11-39(18(14-38)6-8-33)26(40)41-16-17-4-2-1-3-5-17/h1-5,12-13,18H,6-7,9-11,14-16H2. The molecule has 0 radical (unpaired) electrons. The number of halogens is 5. The number of ether oxygens (including phenoxy) is 1. The van der Waals surface area contributed by atoms with E-state index in [1.165, 1.54) is 9.80 Å². The Morgan fingerprint density at radius 3 is 2.63 bits per heavy atom. The first-order chi connectivity index (χ1) is 19.7. The van der Waals surface area contributed by atoms with E-state index in [1.807, 2.05) is 35.2 Å². The summed E-state index contributed by atoms with van der Waals surface area (Å²) in [4.78, 5) is 30.0. The molecule has 1 amide bonds. The van der Waals surface area contributed by atoms with E-state index in [1.54, 1.807) is 0 Å². The molecule has 0 saturated carbocycles. The van der Waals surface area contributed by atoms with Crippen molar-refractivity contribution in [3.05, 3.63) is 76.2 Å². The van der Waals surface area contributed by atoms with Crippen molar-refractivity contribution in [2.24, 2.45) is 0 Å². The highest BCUT2D eigenvalue weighted by Gasteiger charge is 2.40. The lowest BCUT2D eigenvalue weighted by atomic mass is 10.0. The number of anilines is 2. The van der Waals surface area contributed by atoms with Gasteiger partial charge in [-0.05, 0) is 23.6 Å². The van der Waals surface area contributed by atoms with Gasteiger partial charge in [-0.25, -0.2) is 19.2 Å². The molecular weight excluding hydrogens is 566 g/mol. The van der Waals surface area contributed by atoms with Gasteiger partial charge in [0.05, 0.1) is 48.9 Å². The average Bonchev–Trinajstić information content (AvgIpc) is 2.95. The van der Waals surface area contributed by atoms with Gasteiger partial charge in [-0.15, -0.1) is 0 Å². The van der Waals surface area contributed by atoms with Gasteiger partial charge in [0.25, 0.3) is 0 Å². The molecule has 2 aromatic heterocycles. The summed E-state index contributed by atoms with van der Waals surface area (Å²) in [7, 11) is 0. The van der Waals surface area contributed by atoms with Gasteiger partial charge in [0.2, 0.25) is 5.28 Å². The smallest absolute Gasteiger partial charge is 0.421 e. The summed E-state index contributed by atoms with van der Waals surface area (Å²) < 4.78 is 60.6. The van der Waals surface area contributed by atoms with Crippen molar-refractivity contribution in [2.45, 2.75) is 38.2 Å². The van der Waals surface area contributed by atoms with Crippen molar-refractivity contribution in [3.8, 4) is 6.07 Å². The van der Waals surface area contributed by atoms with Gasteiger partial charge < -0.3 is 19.4 Å². The van der Waals surface area contributed by atoms with Gasteiger partial charge >= 0.3 is 12.3 Å². The van der Waals surface area contributed by atoms with Crippen LogP contribution in [0.15, 0.2) is 42.7 Å². The predicted octanol–water partition coefficient (Wildman–Crippen LogP) is 4.99. The largest absolute Gasteiger partial charge is 0.445 e. The Morgan fingerprint density at radius 2 is 1.90 bits per heavy atom. The highest BCUT2D eigenvalue weighted by atomic mass is 35.5. The fraction of sp³-hybridized carbons (Fsp3) is 0.370. The van der Waals surface area contributed by atoms with E-state index in [0.29, 0.717) is 29.8 Å². The van der Waals surface area contributed by atoms with E-state index in [9.17, 15) is 27.6 Å². The van der Waals surface area contributed by atoms with Gasteiger partial charge in [0.15, 0.2) is 5.82 Å². The van der Waals surface area contributed by atoms with E-state index in [4.69, 9.17) is 16.3 Å². The van der Waals surface area contributed by atoms with E-state index in [2.05, 4.69) is 21.0 Å². The number of fused-ring (bicyclic) bond motifs is 1. The van der Waals surface area contributed by atoms with Crippen molar-refractivity contribution in [2.75, 3.05) is 36.0 Å². The third-order valence-corrected chi connectivity index (χ3v) is 7.24. The molecule has 214 valence electrons. The molecule has 9 nitrogen and oxygen atoms in total. The zero-order valence-electron chi connectivity index (χ0n) is 21.6. The van der Waals surface area contributed by atoms with Crippen molar-refractivity contribution in [1.82, 2.24) is 19.9 Å². The van der Waals surface area contributed by atoms with Gasteiger partial charge in [-0.2, -0.15) is 18.4 Å². The topological polar surface area (TPSA) is 98.5 Å². The third kappa shape index (κ3) is 6.12. The van der Waals surface area contributed by atoms with E-state index in [0.717, 1.165) is 11.8 Å². The van der Waals surface area contributed by atoms with Crippen molar-refractivity contribution < 1.29 is 27.1 Å². The monoisotopic (exact) mass is 589 g/mol. The number of pyridine rings is 1. The minimum Gasteiger partial charge on any atom is -0.445 e. The molecular formula is C27H24ClF4N7O2. The lowest BCUT2D eigenvalue weighted by Gasteiger charge is -2.41. The molecule has 1 atom stereocenters. The summed E-state index contributed by atoms with van der Waals surface area (Å²) in [6.07, 6.45) is -3.60. The Kier molecular flexibility index (Phi) is 8.12. The average molecular weight is 590 g/mol. The summed E-state index contributed by atoms with van der Waals surface area (Å²) in [5, 5.41) is 9.34. The second-order valence-electron chi connectivity index (χ2n) is 9.62. The van der Waals surface area contributed by atoms with Crippen LogP contribution in [0.5, 0.6) is 0 Å². The zero-order valence-corrected chi connectivity index (χ0v) is 22.4. The number of carbonyl (C=O) groups excluding carboxylic acids is 1. The predicted molar refractivity (Wildman–Crippen MR) is 141 cm³/mol. The molecule has 0 aliphatic carbocycles. The first-order valence-corrected chi connectivity index (χ1v) is 13.1. The van der Waals surface area contributed by atoms with Crippen molar-refractivity contribution >= 4 is 29.2 Å². The van der Waals surface area contributed by atoms with E-state index in [-0.39, 0.29) is 56.6 Å². The van der Waals surface area contributed by atoms with Crippen LogP contribution in [0, 0.1) is 17.1 Å². The molecule has 2 aliphatic heterocycles. The number of aromatic nitrogens is 3. The number of hydrogen-bond donors (Lipinski definition) is 0. The minimum atomic E-state index is -4.91. The maximum absolute atomic E-state index is 14.2. The van der Waals surface area contributed by atoms with Crippen LogP contribution in [0.4, 0.5) is 33.9 Å². The van der Waals surface area contributed by atoms with E-state index < -0.39 is 29.7 Å². The normalized spacial score (nSPS) is 17.2. The molecule has 5 rings (SSSR count). The quantitative estimate of drug-likeness (QED) is 0.303. The number of carbonyl (C=O) groups is 1. The SMILES string of the molecule is N#CCC1CN(c2nc(Cl)nc3c2CCN(c2cncc(F)c2C(F)(F)F)C3)CCN1C(=O)OCc1ccccc1. The molecule has 0 bridgehead atoms. The van der Waals surface area contributed by atoms with Crippen LogP contribution in [-0.4, -0.2) is 58.2 Å². The van der Waals surface area contributed by atoms with Gasteiger partial charge in [0, 0.05) is 31.7 Å². The van der Waals surface area contributed by atoms with Crippen molar-refractivity contribution in [1.29, 1.82) is 5.26 Å². The van der Waals surface area contributed by atoms with E-state index >= 15 is 0 Å². The summed E-state index contributed by atoms with van der Waals surface area (Å²) in [6.45, 7) is 1.05. The molecule has 0 N–H and O–H groups in total. The summed E-state index contributed by atoms with van der Waals surface area (Å²) >= 11 is 6.24. The van der Waals surface area contributed by atoms with Crippen LogP contribution in [0.2, 0.25) is 5.28 Å². The Hall–Kier alpha value is -4.18. The van der Waals surface area contributed by atoms with Crippen LogP contribution < -0.4 is 9.80 Å². The number of alkyl halides is 3. The van der Waals surface area contributed by atoms with Crippen LogP contribution in [0.3, 0.4) is 0 Å². The summed E-state index contributed by atoms with van der Waals surface area (Å²) in [5.41, 5.74) is 0.177. The lowest BCUT2D eigenvalue weighted by molar-refractivity contribution is -0.139. The number of nitrogens with zero attached hydrogens (tertiary/aromatic N) is 7. The lowest BCUT2D eigenvalue weighted by Crippen LogP contribution is -2.55. The maximum Gasteiger partial charge on any atom is 0.421 e. The molecule has 1 aromatic carbocycles. The fourth-order valence-corrected chi connectivity index (χ4v) is 5.35. The minimum absolute atomic E-state index is 0.0541. The molecule has 4 heterocycles. The number of piperazine rings is 1. The van der Waals surface area contributed by atoms with Crippen LogP contribution in [-0.2, 0) is 30.5 Å². The Morgan fingerprint density at radius 1 is 1.12 bits per heavy atom. The number of benzene rings is 1. The number of amides is 1. The van der Waals surface area contributed by atoms with Crippen LogP contribution >= 0.6 is 11.6 Å². The van der Waals surface area contributed by atoms with Gasteiger partial charge in [-0.3, -0.25) is 4.98 Å². The molecule has 0 spiro atoms. The molecule has 3 aromatic rings. The molecule has 1 saturated heterocycles. The Bertz CT molecular complexity index is 1470. The second kappa shape index (κ2) is 11.7. The Labute approximate surface area is 237 Å². The zero-order chi connectivity index (χ0) is 29.1. The first-order valence-electron chi connectivity index (χ1n) is 12.8. The molecule has 14 heteroatoms. The van der Waals surface area contributed by atoms with Gasteiger partial charge in [0.1, 0.15) is 18.0 Å². The third-order valence-electron chi connectivity index (χ3n) is 7.07. The highest BCUT2D eigenvalue weighted by Crippen LogP contribution is 2.40. The van der Waals surface area contributed by atoms with Crippen LogP contribution in [0.1, 0.15) is 28.8 Å². The fourth-order valence-electron chi connectivity index (χ4n) is 5.16. The maximum atomic E-state index is 14.2. The highest BCUT2D eigenvalue weighted by molar-refractivity contribution is 6.28. The molecule has 1 fully saturated rings. The summed E-state index contributed by atoms with van der Waals surface area (Å²) in [5.74, 6) is -0.959. The first kappa shape index (κ1) is 28.4. The van der Waals surface area contributed by atoms with Crippen molar-refractivity contribution in [3.63, 3.8) is 0 Å².